The minimum Gasteiger partial charge on any atom is -0.496 e. The van der Waals surface area contributed by atoms with Crippen molar-refractivity contribution in [3.63, 3.8) is 0 Å². The van der Waals surface area contributed by atoms with E-state index in [1.807, 2.05) is 0 Å². The van der Waals surface area contributed by atoms with Gasteiger partial charge in [-0.25, -0.2) is 19.2 Å². The van der Waals surface area contributed by atoms with Crippen molar-refractivity contribution in [3.05, 3.63) is 68.0 Å². The van der Waals surface area contributed by atoms with Crippen molar-refractivity contribution in [1.29, 1.82) is 0 Å². The number of carbonyl (C=O) groups is 2. The maximum Gasteiger partial charge on any atom is 0.324 e. The standard InChI is InChI=1S/C22H18BrClFN5O3/c1-10-4-3-5-15(25)18(10)20(31)29-22(32)30-8-12-16(9-30)27-21(26)28-19(12)11-6-17(33-2)13(23)7-14(11)24/h3-7H,8-9H2,1-2H3,(H2,26,27,28)(H,29,31,32). The minimum absolute atomic E-state index is 0.0158. The maximum atomic E-state index is 14.1. The Labute approximate surface area is 202 Å². The van der Waals surface area contributed by atoms with E-state index in [1.54, 1.807) is 25.1 Å². The SMILES string of the molecule is COc1cc(-c2nc(N)nc3c2CN(C(=O)NC(=O)c2c(C)cccc2F)C3)c(Cl)cc1Br. The fourth-order valence-electron chi connectivity index (χ4n) is 3.67. The number of amides is 3. The number of nitrogens with two attached hydrogens (primary N) is 1. The zero-order chi connectivity index (χ0) is 23.9. The molecule has 1 aromatic heterocycles. The summed E-state index contributed by atoms with van der Waals surface area (Å²) < 4.78 is 20.1. The Morgan fingerprint density at radius 3 is 2.73 bits per heavy atom. The molecule has 0 unspecified atom stereocenters. The van der Waals surface area contributed by atoms with E-state index in [4.69, 9.17) is 22.1 Å². The first kappa shape index (κ1) is 22.9. The van der Waals surface area contributed by atoms with Crippen LogP contribution in [0.15, 0.2) is 34.8 Å². The fraction of sp³-hybridized carbons (Fsp3) is 0.182. The van der Waals surface area contributed by atoms with E-state index in [0.717, 1.165) is 0 Å². The maximum absolute atomic E-state index is 14.1. The molecule has 3 amide bonds. The number of anilines is 1. The molecule has 8 nitrogen and oxygen atoms in total. The second-order valence-corrected chi connectivity index (χ2v) is 8.63. The van der Waals surface area contributed by atoms with Crippen molar-refractivity contribution >= 4 is 45.4 Å². The number of fused-ring (bicyclic) bond motifs is 1. The van der Waals surface area contributed by atoms with Crippen LogP contribution in [-0.2, 0) is 13.1 Å². The van der Waals surface area contributed by atoms with Gasteiger partial charge < -0.3 is 15.4 Å². The van der Waals surface area contributed by atoms with Crippen LogP contribution in [0.4, 0.5) is 15.1 Å². The number of benzene rings is 2. The predicted octanol–water partition coefficient (Wildman–Crippen LogP) is 4.46. The van der Waals surface area contributed by atoms with E-state index < -0.39 is 17.8 Å². The van der Waals surface area contributed by atoms with Crippen molar-refractivity contribution in [3.8, 4) is 17.0 Å². The highest BCUT2D eigenvalue weighted by atomic mass is 79.9. The quantitative estimate of drug-likeness (QED) is 0.513. The summed E-state index contributed by atoms with van der Waals surface area (Å²) in [5, 5.41) is 2.64. The largest absolute Gasteiger partial charge is 0.496 e. The van der Waals surface area contributed by atoms with Crippen LogP contribution in [0.3, 0.4) is 0 Å². The Hall–Kier alpha value is -3.24. The van der Waals surface area contributed by atoms with Crippen molar-refractivity contribution in [1.82, 2.24) is 20.2 Å². The Kier molecular flexibility index (Phi) is 6.22. The molecule has 170 valence electrons. The molecule has 0 bridgehead atoms. The average Bonchev–Trinajstić information content (AvgIpc) is 3.17. The molecule has 0 saturated heterocycles. The topological polar surface area (TPSA) is 110 Å². The second kappa shape index (κ2) is 8.95. The van der Waals surface area contributed by atoms with Crippen molar-refractivity contribution < 1.29 is 18.7 Å². The highest BCUT2D eigenvalue weighted by Crippen LogP contribution is 2.39. The molecule has 3 aromatic rings. The van der Waals surface area contributed by atoms with Gasteiger partial charge in [0.1, 0.15) is 11.6 Å². The van der Waals surface area contributed by atoms with Gasteiger partial charge in [-0.2, -0.15) is 0 Å². The molecule has 0 fully saturated rings. The molecule has 2 aromatic carbocycles. The Bertz CT molecular complexity index is 1280. The van der Waals surface area contributed by atoms with Crippen molar-refractivity contribution in [2.75, 3.05) is 12.8 Å². The number of rotatable bonds is 3. The second-order valence-electron chi connectivity index (χ2n) is 7.37. The zero-order valence-electron chi connectivity index (χ0n) is 17.6. The van der Waals surface area contributed by atoms with Crippen LogP contribution in [0.2, 0.25) is 5.02 Å². The van der Waals surface area contributed by atoms with E-state index >= 15 is 0 Å². The number of methoxy groups -OCH3 is 1. The molecule has 2 heterocycles. The molecular weight excluding hydrogens is 517 g/mol. The minimum atomic E-state index is -0.821. The molecule has 0 radical (unpaired) electrons. The lowest BCUT2D eigenvalue weighted by atomic mass is 10.1. The molecule has 1 aliphatic heterocycles. The molecule has 0 spiro atoms. The summed E-state index contributed by atoms with van der Waals surface area (Å²) in [6.45, 7) is 1.79. The Morgan fingerprint density at radius 1 is 1.27 bits per heavy atom. The third-order valence-corrected chi connectivity index (χ3v) is 6.19. The summed E-state index contributed by atoms with van der Waals surface area (Å²) in [6.07, 6.45) is 0. The van der Waals surface area contributed by atoms with Gasteiger partial charge >= 0.3 is 6.03 Å². The fourth-order valence-corrected chi connectivity index (χ4v) is 4.56. The van der Waals surface area contributed by atoms with Gasteiger partial charge in [-0.3, -0.25) is 10.1 Å². The van der Waals surface area contributed by atoms with Crippen LogP contribution < -0.4 is 15.8 Å². The number of carbonyl (C=O) groups excluding carboxylic acids is 2. The number of halogens is 3. The molecule has 0 aliphatic carbocycles. The number of nitrogens with one attached hydrogen (secondary N) is 1. The molecule has 1 aliphatic rings. The van der Waals surface area contributed by atoms with Crippen molar-refractivity contribution in [2.24, 2.45) is 0 Å². The van der Waals surface area contributed by atoms with Crippen LogP contribution in [0.25, 0.3) is 11.3 Å². The summed E-state index contributed by atoms with van der Waals surface area (Å²) in [5.41, 5.74) is 8.33. The molecule has 0 atom stereocenters. The lowest BCUT2D eigenvalue weighted by molar-refractivity contribution is 0.0946. The molecule has 0 saturated carbocycles. The predicted molar refractivity (Wildman–Crippen MR) is 124 cm³/mol. The lowest BCUT2D eigenvalue weighted by Crippen LogP contribution is -2.40. The summed E-state index contributed by atoms with van der Waals surface area (Å²) >= 11 is 9.84. The first-order valence-electron chi connectivity index (χ1n) is 9.73. The average molecular weight is 535 g/mol. The number of urea groups is 1. The van der Waals surface area contributed by atoms with Gasteiger partial charge in [-0.1, -0.05) is 23.7 Å². The molecule has 11 heteroatoms. The summed E-state index contributed by atoms with van der Waals surface area (Å²) in [6, 6.07) is 6.95. The van der Waals surface area contributed by atoms with Crippen molar-refractivity contribution in [2.45, 2.75) is 20.0 Å². The third-order valence-electron chi connectivity index (χ3n) is 5.25. The van der Waals surface area contributed by atoms with E-state index in [0.29, 0.717) is 43.3 Å². The number of hydrogen-bond acceptors (Lipinski definition) is 6. The number of aryl methyl sites for hydroxylation is 1. The number of hydrogen-bond donors (Lipinski definition) is 2. The van der Waals surface area contributed by atoms with E-state index in [1.165, 1.54) is 24.1 Å². The first-order chi connectivity index (χ1) is 15.7. The van der Waals surface area contributed by atoms with Gasteiger partial charge in [0.05, 0.1) is 46.6 Å². The molecule has 33 heavy (non-hydrogen) atoms. The monoisotopic (exact) mass is 533 g/mol. The lowest BCUT2D eigenvalue weighted by Gasteiger charge is -2.16. The van der Waals surface area contributed by atoms with Gasteiger partial charge in [0.25, 0.3) is 5.91 Å². The smallest absolute Gasteiger partial charge is 0.324 e. The van der Waals surface area contributed by atoms with Gasteiger partial charge in [0.15, 0.2) is 0 Å². The molecule has 3 N–H and O–H groups in total. The highest BCUT2D eigenvalue weighted by Gasteiger charge is 2.31. The molecular formula is C22H18BrClFN5O3. The van der Waals surface area contributed by atoms with Gasteiger partial charge in [0.2, 0.25) is 5.95 Å². The van der Waals surface area contributed by atoms with Crippen LogP contribution in [0, 0.1) is 12.7 Å². The Balaban J connectivity index is 1.63. The first-order valence-corrected chi connectivity index (χ1v) is 10.9. The van der Waals surface area contributed by atoms with Crippen LogP contribution in [0.5, 0.6) is 5.75 Å². The zero-order valence-corrected chi connectivity index (χ0v) is 19.9. The summed E-state index contributed by atoms with van der Waals surface area (Å²) in [5.74, 6) is -0.969. The van der Waals surface area contributed by atoms with Gasteiger partial charge in [-0.15, -0.1) is 0 Å². The van der Waals surface area contributed by atoms with Crippen LogP contribution >= 0.6 is 27.5 Å². The number of nitrogen functional groups attached to an aromatic ring is 1. The number of ether oxygens (including phenoxy) is 1. The van der Waals surface area contributed by atoms with Gasteiger partial charge in [-0.05, 0) is 46.6 Å². The van der Waals surface area contributed by atoms with Crippen LogP contribution in [0.1, 0.15) is 27.2 Å². The summed E-state index contributed by atoms with van der Waals surface area (Å²) in [7, 11) is 1.52. The number of imide groups is 1. The normalized spacial score (nSPS) is 12.5. The number of nitrogens with zero attached hydrogens (tertiary/aromatic N) is 3. The summed E-state index contributed by atoms with van der Waals surface area (Å²) in [4.78, 5) is 35.3. The molecule has 4 rings (SSSR count). The highest BCUT2D eigenvalue weighted by molar-refractivity contribution is 9.10. The van der Waals surface area contributed by atoms with E-state index in [9.17, 15) is 14.0 Å². The van der Waals surface area contributed by atoms with E-state index in [-0.39, 0.29) is 24.6 Å². The van der Waals surface area contributed by atoms with Gasteiger partial charge in [0, 0.05) is 11.1 Å². The number of aromatic nitrogens is 2. The van der Waals surface area contributed by atoms with Crippen LogP contribution in [-0.4, -0.2) is 33.9 Å². The van der Waals surface area contributed by atoms with E-state index in [2.05, 4.69) is 31.2 Å². The Morgan fingerprint density at radius 2 is 2.03 bits per heavy atom. The third kappa shape index (κ3) is 4.36.